The van der Waals surface area contributed by atoms with Crippen LogP contribution in [0.1, 0.15) is 57.3 Å². The van der Waals surface area contributed by atoms with Crippen molar-refractivity contribution < 1.29 is 4.79 Å². The SMILES string of the molecule is Cc1cc(C(=O)Cc2cccc(C(NCC3CC3)c3cccc4ccccc34)c2)n(-c2cccc(CN)c2)n1. The Hall–Kier alpha value is -4.06. The number of fused-ring (bicyclic) bond motifs is 1. The summed E-state index contributed by atoms with van der Waals surface area (Å²) >= 11 is 0. The van der Waals surface area contributed by atoms with Gasteiger partial charge in [0.05, 0.1) is 17.4 Å². The number of aromatic nitrogens is 2. The van der Waals surface area contributed by atoms with Crippen LogP contribution in [0.3, 0.4) is 0 Å². The maximum absolute atomic E-state index is 13.6. The van der Waals surface area contributed by atoms with Crippen LogP contribution >= 0.6 is 0 Å². The quantitative estimate of drug-likeness (QED) is 0.214. The average Bonchev–Trinajstić information content (AvgIpc) is 3.71. The smallest absolute Gasteiger partial charge is 0.185 e. The first-order valence-electron chi connectivity index (χ1n) is 13.8. The minimum absolute atomic E-state index is 0.0403. The van der Waals surface area contributed by atoms with E-state index in [9.17, 15) is 4.79 Å². The molecule has 1 fully saturated rings. The Morgan fingerprint density at radius 1 is 0.949 bits per heavy atom. The van der Waals surface area contributed by atoms with E-state index in [4.69, 9.17) is 5.73 Å². The lowest BCUT2D eigenvalue weighted by Crippen LogP contribution is -2.25. The highest BCUT2D eigenvalue weighted by atomic mass is 16.1. The van der Waals surface area contributed by atoms with Crippen molar-refractivity contribution in [2.24, 2.45) is 11.7 Å². The fraction of sp³-hybridized carbons (Fsp3) is 0.235. The van der Waals surface area contributed by atoms with Gasteiger partial charge in [0.2, 0.25) is 0 Å². The second kappa shape index (κ2) is 11.0. The molecule has 1 atom stereocenters. The number of carbonyl (C=O) groups is 1. The van der Waals surface area contributed by atoms with Gasteiger partial charge in [0.1, 0.15) is 5.69 Å². The van der Waals surface area contributed by atoms with Crippen molar-refractivity contribution in [3.05, 3.63) is 131 Å². The molecular weight excluding hydrogens is 480 g/mol. The lowest BCUT2D eigenvalue weighted by molar-refractivity contribution is 0.0985. The molecule has 5 aromatic rings. The van der Waals surface area contributed by atoms with Crippen LogP contribution in [-0.2, 0) is 13.0 Å². The second-order valence-electron chi connectivity index (χ2n) is 10.7. The molecule has 5 nitrogen and oxygen atoms in total. The fourth-order valence-electron chi connectivity index (χ4n) is 5.38. The van der Waals surface area contributed by atoms with Crippen molar-refractivity contribution >= 4 is 16.6 Å². The number of benzene rings is 4. The van der Waals surface area contributed by atoms with Crippen molar-refractivity contribution in [3.63, 3.8) is 0 Å². The average molecular weight is 515 g/mol. The second-order valence-corrected chi connectivity index (χ2v) is 10.7. The summed E-state index contributed by atoms with van der Waals surface area (Å²) < 4.78 is 1.75. The Morgan fingerprint density at radius 3 is 2.56 bits per heavy atom. The van der Waals surface area contributed by atoms with Crippen molar-refractivity contribution in [2.75, 3.05) is 6.54 Å². The molecule has 0 aliphatic heterocycles. The summed E-state index contributed by atoms with van der Waals surface area (Å²) in [5.74, 6) is 0.798. The predicted octanol–water partition coefficient (Wildman–Crippen LogP) is 6.31. The van der Waals surface area contributed by atoms with E-state index in [2.05, 4.69) is 71.1 Å². The van der Waals surface area contributed by atoms with E-state index in [1.54, 1.807) is 4.68 Å². The predicted molar refractivity (Wildman–Crippen MR) is 157 cm³/mol. The van der Waals surface area contributed by atoms with E-state index >= 15 is 0 Å². The molecule has 0 spiro atoms. The Balaban J connectivity index is 1.31. The van der Waals surface area contributed by atoms with Gasteiger partial charge in [-0.2, -0.15) is 5.10 Å². The molecule has 0 amide bonds. The number of nitrogens with zero attached hydrogens (tertiary/aromatic N) is 2. The zero-order valence-electron chi connectivity index (χ0n) is 22.3. The van der Waals surface area contributed by atoms with Gasteiger partial charge < -0.3 is 11.1 Å². The Labute approximate surface area is 229 Å². The van der Waals surface area contributed by atoms with E-state index in [1.807, 2.05) is 43.3 Å². The normalized spacial score (nSPS) is 14.0. The number of carbonyl (C=O) groups excluding carboxylic acids is 1. The number of Topliss-reactive ketones (excluding diaryl/α,β-unsaturated/α-hetero) is 1. The molecule has 1 aliphatic rings. The summed E-state index contributed by atoms with van der Waals surface area (Å²) in [6, 6.07) is 33.4. The van der Waals surface area contributed by atoms with E-state index in [1.165, 1.54) is 34.7 Å². The third-order valence-corrected chi connectivity index (χ3v) is 7.60. The molecule has 196 valence electrons. The number of hydrogen-bond acceptors (Lipinski definition) is 4. The van der Waals surface area contributed by atoms with Crippen LogP contribution in [0.2, 0.25) is 0 Å². The van der Waals surface area contributed by atoms with Gasteiger partial charge in [-0.1, -0.05) is 78.9 Å². The van der Waals surface area contributed by atoms with Gasteiger partial charge in [0.15, 0.2) is 5.78 Å². The maximum Gasteiger partial charge on any atom is 0.185 e. The lowest BCUT2D eigenvalue weighted by Gasteiger charge is -2.22. The maximum atomic E-state index is 13.6. The lowest BCUT2D eigenvalue weighted by atomic mass is 9.92. The first kappa shape index (κ1) is 25.2. The molecule has 1 unspecified atom stereocenters. The molecule has 0 radical (unpaired) electrons. The molecule has 4 aromatic carbocycles. The minimum Gasteiger partial charge on any atom is -0.326 e. The van der Waals surface area contributed by atoms with Crippen molar-refractivity contribution in [1.82, 2.24) is 15.1 Å². The van der Waals surface area contributed by atoms with Crippen molar-refractivity contribution in [3.8, 4) is 5.69 Å². The number of nitrogens with one attached hydrogen (secondary N) is 1. The van der Waals surface area contributed by atoms with Gasteiger partial charge >= 0.3 is 0 Å². The fourth-order valence-corrected chi connectivity index (χ4v) is 5.38. The molecule has 1 aliphatic carbocycles. The van der Waals surface area contributed by atoms with Gasteiger partial charge in [-0.15, -0.1) is 0 Å². The van der Waals surface area contributed by atoms with Crippen LogP contribution < -0.4 is 11.1 Å². The minimum atomic E-state index is 0.0403. The van der Waals surface area contributed by atoms with Gasteiger partial charge in [-0.05, 0) is 83.5 Å². The number of ketones is 1. The van der Waals surface area contributed by atoms with Crippen LogP contribution in [0.15, 0.2) is 97.1 Å². The summed E-state index contributed by atoms with van der Waals surface area (Å²) in [5.41, 5.74) is 12.6. The van der Waals surface area contributed by atoms with Crippen LogP contribution in [0.4, 0.5) is 0 Å². The summed E-state index contributed by atoms with van der Waals surface area (Å²) in [6.45, 7) is 3.36. The van der Waals surface area contributed by atoms with Crippen molar-refractivity contribution in [1.29, 1.82) is 0 Å². The highest BCUT2D eigenvalue weighted by Gasteiger charge is 2.25. The highest BCUT2D eigenvalue weighted by Crippen LogP contribution is 2.33. The summed E-state index contributed by atoms with van der Waals surface area (Å²) in [5, 5.41) is 11.0. The molecule has 0 bridgehead atoms. The largest absolute Gasteiger partial charge is 0.326 e. The highest BCUT2D eigenvalue weighted by molar-refractivity contribution is 5.96. The molecule has 1 saturated carbocycles. The third kappa shape index (κ3) is 5.56. The number of rotatable bonds is 10. The van der Waals surface area contributed by atoms with Crippen LogP contribution in [0, 0.1) is 12.8 Å². The van der Waals surface area contributed by atoms with Crippen LogP contribution in [-0.4, -0.2) is 22.1 Å². The monoisotopic (exact) mass is 514 g/mol. The standard InChI is InChI=1S/C34H34N4O/c1-23-17-32(38(37-23)29-12-5-8-26(19-29)21-35)33(39)20-25-7-4-11-28(18-25)34(36-22-24-15-16-24)31-14-6-10-27-9-2-3-13-30(27)31/h2-14,17-19,24,34,36H,15-16,20-22,35H2,1H3. The zero-order valence-corrected chi connectivity index (χ0v) is 22.3. The van der Waals surface area contributed by atoms with Gasteiger partial charge in [-0.3, -0.25) is 4.79 Å². The third-order valence-electron chi connectivity index (χ3n) is 7.60. The molecule has 3 N–H and O–H groups in total. The van der Waals surface area contributed by atoms with Gasteiger partial charge in [0, 0.05) is 13.0 Å². The molecule has 5 heteroatoms. The van der Waals surface area contributed by atoms with Crippen LogP contribution in [0.25, 0.3) is 16.5 Å². The number of nitrogens with two attached hydrogens (primary N) is 1. The summed E-state index contributed by atoms with van der Waals surface area (Å²) in [6.07, 6.45) is 2.90. The number of aryl methyl sites for hydroxylation is 1. The molecular formula is C34H34N4O. The van der Waals surface area contributed by atoms with Gasteiger partial charge in [-0.25, -0.2) is 4.68 Å². The molecule has 39 heavy (non-hydrogen) atoms. The van der Waals surface area contributed by atoms with E-state index in [0.29, 0.717) is 18.7 Å². The Kier molecular flexibility index (Phi) is 7.10. The Bertz CT molecular complexity index is 1630. The molecule has 1 heterocycles. The number of hydrogen-bond donors (Lipinski definition) is 2. The molecule has 1 aromatic heterocycles. The van der Waals surface area contributed by atoms with E-state index in [-0.39, 0.29) is 11.8 Å². The van der Waals surface area contributed by atoms with E-state index < -0.39 is 0 Å². The topological polar surface area (TPSA) is 72.9 Å². The van der Waals surface area contributed by atoms with Crippen LogP contribution in [0.5, 0.6) is 0 Å². The zero-order chi connectivity index (χ0) is 26.8. The first-order chi connectivity index (χ1) is 19.1. The Morgan fingerprint density at radius 2 is 1.72 bits per heavy atom. The summed E-state index contributed by atoms with van der Waals surface area (Å²) in [7, 11) is 0. The van der Waals surface area contributed by atoms with Crippen molar-refractivity contribution in [2.45, 2.75) is 38.8 Å². The first-order valence-corrected chi connectivity index (χ1v) is 13.8. The molecule has 0 saturated heterocycles. The van der Waals surface area contributed by atoms with E-state index in [0.717, 1.165) is 35.0 Å². The summed E-state index contributed by atoms with van der Waals surface area (Å²) in [4.78, 5) is 13.6. The van der Waals surface area contributed by atoms with Gasteiger partial charge in [0.25, 0.3) is 0 Å². The molecule has 6 rings (SSSR count).